The summed E-state index contributed by atoms with van der Waals surface area (Å²) >= 11 is 0. The summed E-state index contributed by atoms with van der Waals surface area (Å²) < 4.78 is 28.3. The predicted octanol–water partition coefficient (Wildman–Crippen LogP) is 3.55. The van der Waals surface area contributed by atoms with Crippen molar-refractivity contribution in [1.82, 2.24) is 24.3 Å². The Bertz CT molecular complexity index is 1140. The highest BCUT2D eigenvalue weighted by molar-refractivity contribution is 5.79. The normalized spacial score (nSPS) is 28.3. The number of piperazine rings is 1. The molecule has 3 aromatic rings. The van der Waals surface area contributed by atoms with E-state index in [9.17, 15) is 8.78 Å². The fourth-order valence-corrected chi connectivity index (χ4v) is 5.68. The third-order valence-electron chi connectivity index (χ3n) is 7.22. The van der Waals surface area contributed by atoms with E-state index in [1.165, 1.54) is 25.2 Å². The molecule has 5 heterocycles. The van der Waals surface area contributed by atoms with E-state index in [0.717, 1.165) is 42.7 Å². The van der Waals surface area contributed by atoms with Crippen molar-refractivity contribution in [2.24, 2.45) is 5.92 Å². The lowest BCUT2D eigenvalue weighted by molar-refractivity contribution is 0.0439. The van der Waals surface area contributed by atoms with E-state index >= 15 is 0 Å². The highest BCUT2D eigenvalue weighted by Gasteiger charge is 2.47. The molecule has 0 aromatic carbocycles. The number of aromatic nitrogens is 4. The standard InChI is InChI=1S/C22H23F2N7/c23-22(24)30-11-16(9-27-30)15-7-21-20(3-4-26-29(21)10-15)28-12-17-1-2-18(13-28)31(17)19-5-14(6-19)8-25/h3-4,7,9-11,14,17-19,22H,1-2,5-6,12-13H2/t14?,17-,18?,19?/m0/s1. The van der Waals surface area contributed by atoms with Gasteiger partial charge in [-0.1, -0.05) is 0 Å². The van der Waals surface area contributed by atoms with Crippen LogP contribution in [0.3, 0.4) is 0 Å². The van der Waals surface area contributed by atoms with Crippen LogP contribution in [0.2, 0.25) is 0 Å². The van der Waals surface area contributed by atoms with Gasteiger partial charge in [0.15, 0.2) is 0 Å². The van der Waals surface area contributed by atoms with Crippen molar-refractivity contribution in [2.45, 2.75) is 50.4 Å². The molecule has 1 aliphatic carbocycles. The van der Waals surface area contributed by atoms with Crippen LogP contribution in [0.4, 0.5) is 14.5 Å². The molecule has 1 unspecified atom stereocenters. The van der Waals surface area contributed by atoms with Gasteiger partial charge >= 0.3 is 6.55 Å². The number of anilines is 1. The third kappa shape index (κ3) is 3.00. The van der Waals surface area contributed by atoms with Gasteiger partial charge in [0.05, 0.1) is 23.5 Å². The molecule has 2 saturated heterocycles. The van der Waals surface area contributed by atoms with Crippen molar-refractivity contribution in [3.8, 4) is 17.2 Å². The van der Waals surface area contributed by atoms with Crippen LogP contribution in [0.25, 0.3) is 16.6 Å². The van der Waals surface area contributed by atoms with Gasteiger partial charge in [-0.2, -0.15) is 24.2 Å². The number of alkyl halides is 2. The molecule has 2 bridgehead atoms. The highest BCUT2D eigenvalue weighted by atomic mass is 19.3. The molecule has 160 valence electrons. The van der Waals surface area contributed by atoms with Gasteiger partial charge in [-0.05, 0) is 37.8 Å². The molecule has 9 heteroatoms. The zero-order valence-corrected chi connectivity index (χ0v) is 17.0. The summed E-state index contributed by atoms with van der Waals surface area (Å²) in [5, 5.41) is 17.3. The van der Waals surface area contributed by atoms with Crippen LogP contribution in [0, 0.1) is 17.2 Å². The Balaban J connectivity index is 1.27. The SMILES string of the molecule is N#CC1CC(N2C3CC[C@H]2CN(c2ccnn4cc(-c5cnn(C(F)F)c5)cc24)C3)C1. The fraction of sp³-hybridized carbons (Fsp3) is 0.500. The Morgan fingerprint density at radius 2 is 1.81 bits per heavy atom. The lowest BCUT2D eigenvalue weighted by Crippen LogP contribution is -2.60. The van der Waals surface area contributed by atoms with E-state index in [-0.39, 0.29) is 5.92 Å². The Hall–Kier alpha value is -2.99. The number of nitriles is 1. The van der Waals surface area contributed by atoms with Crippen molar-refractivity contribution in [2.75, 3.05) is 18.0 Å². The molecule has 31 heavy (non-hydrogen) atoms. The van der Waals surface area contributed by atoms with E-state index < -0.39 is 6.55 Å². The third-order valence-corrected chi connectivity index (χ3v) is 7.22. The van der Waals surface area contributed by atoms with Crippen molar-refractivity contribution >= 4 is 11.2 Å². The maximum Gasteiger partial charge on any atom is 0.333 e. The topological polar surface area (TPSA) is 65.4 Å². The molecule has 2 aliphatic heterocycles. The van der Waals surface area contributed by atoms with Crippen molar-refractivity contribution < 1.29 is 8.78 Å². The summed E-state index contributed by atoms with van der Waals surface area (Å²) in [6.45, 7) is -0.716. The average molecular weight is 423 g/mol. The molecule has 2 atom stereocenters. The molecule has 1 saturated carbocycles. The Labute approximate surface area is 178 Å². The zero-order chi connectivity index (χ0) is 21.1. The minimum absolute atomic E-state index is 0.232. The molecule has 0 N–H and O–H groups in total. The second-order valence-corrected chi connectivity index (χ2v) is 8.95. The van der Waals surface area contributed by atoms with Gasteiger partial charge in [-0.15, -0.1) is 0 Å². The van der Waals surface area contributed by atoms with Gasteiger partial charge in [0.1, 0.15) is 0 Å². The number of hydrogen-bond donors (Lipinski definition) is 0. The predicted molar refractivity (Wildman–Crippen MR) is 111 cm³/mol. The van der Waals surface area contributed by atoms with Crippen LogP contribution in [-0.2, 0) is 0 Å². The first kappa shape index (κ1) is 18.8. The van der Waals surface area contributed by atoms with E-state index in [1.807, 2.05) is 22.8 Å². The number of nitrogens with zero attached hydrogens (tertiary/aromatic N) is 7. The fourth-order valence-electron chi connectivity index (χ4n) is 5.68. The average Bonchev–Trinajstić information content (AvgIpc) is 3.43. The monoisotopic (exact) mass is 423 g/mol. The Morgan fingerprint density at radius 3 is 2.48 bits per heavy atom. The number of halogens is 2. The highest BCUT2D eigenvalue weighted by Crippen LogP contribution is 2.42. The zero-order valence-electron chi connectivity index (χ0n) is 17.0. The van der Waals surface area contributed by atoms with Gasteiger partial charge < -0.3 is 4.90 Å². The molecule has 0 spiro atoms. The van der Waals surface area contributed by atoms with Crippen molar-refractivity contribution in [3.63, 3.8) is 0 Å². The second kappa shape index (κ2) is 7.02. The van der Waals surface area contributed by atoms with E-state index in [4.69, 9.17) is 5.26 Å². The van der Waals surface area contributed by atoms with Gasteiger partial charge in [0, 0.05) is 66.9 Å². The lowest BCUT2D eigenvalue weighted by atomic mass is 9.79. The first-order chi connectivity index (χ1) is 15.1. The maximum atomic E-state index is 12.9. The van der Waals surface area contributed by atoms with Crippen molar-refractivity contribution in [3.05, 3.63) is 36.9 Å². The summed E-state index contributed by atoms with van der Waals surface area (Å²) in [6, 6.07) is 8.07. The van der Waals surface area contributed by atoms with Crippen molar-refractivity contribution in [1.29, 1.82) is 5.26 Å². The molecular weight excluding hydrogens is 400 g/mol. The molecule has 6 rings (SSSR count). The molecule has 3 fully saturated rings. The summed E-state index contributed by atoms with van der Waals surface area (Å²) in [5.41, 5.74) is 3.58. The molecular formula is C22H23F2N7. The smallest absolute Gasteiger partial charge is 0.333 e. The number of hydrogen-bond acceptors (Lipinski definition) is 5. The lowest BCUT2D eigenvalue weighted by Gasteiger charge is -2.49. The minimum atomic E-state index is -2.65. The summed E-state index contributed by atoms with van der Waals surface area (Å²) in [4.78, 5) is 5.13. The van der Waals surface area contributed by atoms with Crippen LogP contribution in [0.15, 0.2) is 36.9 Å². The molecule has 3 aliphatic rings. The minimum Gasteiger partial charge on any atom is -0.367 e. The Morgan fingerprint density at radius 1 is 1.03 bits per heavy atom. The van der Waals surface area contributed by atoms with Crippen LogP contribution in [-0.4, -0.2) is 55.5 Å². The largest absolute Gasteiger partial charge is 0.367 e. The Kier molecular flexibility index (Phi) is 4.25. The molecule has 0 radical (unpaired) electrons. The number of rotatable bonds is 4. The van der Waals surface area contributed by atoms with E-state index in [0.29, 0.717) is 28.4 Å². The first-order valence-electron chi connectivity index (χ1n) is 10.8. The summed E-state index contributed by atoms with van der Waals surface area (Å²) in [5.74, 6) is 0.232. The quantitative estimate of drug-likeness (QED) is 0.642. The van der Waals surface area contributed by atoms with Crippen LogP contribution >= 0.6 is 0 Å². The van der Waals surface area contributed by atoms with Gasteiger partial charge in [0.25, 0.3) is 0 Å². The maximum absolute atomic E-state index is 12.9. The second-order valence-electron chi connectivity index (χ2n) is 8.95. The van der Waals surface area contributed by atoms with E-state index in [2.05, 4.69) is 26.1 Å². The first-order valence-corrected chi connectivity index (χ1v) is 10.8. The van der Waals surface area contributed by atoms with Gasteiger partial charge in [0.2, 0.25) is 0 Å². The summed E-state index contributed by atoms with van der Waals surface area (Å²) in [7, 11) is 0. The molecule has 0 amide bonds. The van der Waals surface area contributed by atoms with Crippen LogP contribution in [0.5, 0.6) is 0 Å². The summed E-state index contributed by atoms with van der Waals surface area (Å²) in [6.07, 6.45) is 10.9. The van der Waals surface area contributed by atoms with Gasteiger partial charge in [-0.25, -0.2) is 9.20 Å². The molecule has 7 nitrogen and oxygen atoms in total. The number of fused-ring (bicyclic) bond motifs is 3. The van der Waals surface area contributed by atoms with Crippen LogP contribution in [0.1, 0.15) is 32.2 Å². The molecule has 3 aromatic heterocycles. The van der Waals surface area contributed by atoms with E-state index in [1.54, 1.807) is 6.20 Å². The van der Waals surface area contributed by atoms with Crippen LogP contribution < -0.4 is 4.90 Å². The van der Waals surface area contributed by atoms with Gasteiger partial charge in [-0.3, -0.25) is 4.90 Å².